The van der Waals surface area contributed by atoms with E-state index in [0.29, 0.717) is 57.8 Å². The SMILES string of the molecule is CCCCCC(=O)N(CCN1CCN(C(=O)c2ccc([N+](=O)[O-])cc2)CC1)Cc1ccc(F)cc1. The van der Waals surface area contributed by atoms with Crippen molar-refractivity contribution in [3.05, 3.63) is 75.6 Å². The summed E-state index contributed by atoms with van der Waals surface area (Å²) >= 11 is 0. The maximum absolute atomic E-state index is 13.3. The fraction of sp³-hybridized carbons (Fsp3) is 0.462. The topological polar surface area (TPSA) is 87.0 Å². The minimum Gasteiger partial charge on any atom is -0.337 e. The zero-order chi connectivity index (χ0) is 25.2. The lowest BCUT2D eigenvalue weighted by Gasteiger charge is -2.36. The van der Waals surface area contributed by atoms with E-state index in [-0.39, 0.29) is 23.3 Å². The van der Waals surface area contributed by atoms with Crippen LogP contribution in [0, 0.1) is 15.9 Å². The second-order valence-electron chi connectivity index (χ2n) is 8.84. The Kier molecular flexibility index (Phi) is 9.72. The van der Waals surface area contributed by atoms with Crippen LogP contribution in [0.4, 0.5) is 10.1 Å². The summed E-state index contributed by atoms with van der Waals surface area (Å²) in [6.07, 6.45) is 3.43. The van der Waals surface area contributed by atoms with E-state index in [0.717, 1.165) is 24.8 Å². The van der Waals surface area contributed by atoms with Crippen molar-refractivity contribution in [1.82, 2.24) is 14.7 Å². The van der Waals surface area contributed by atoms with E-state index < -0.39 is 4.92 Å². The molecule has 0 bridgehead atoms. The second-order valence-corrected chi connectivity index (χ2v) is 8.84. The van der Waals surface area contributed by atoms with Crippen LogP contribution in [0.15, 0.2) is 48.5 Å². The lowest BCUT2D eigenvalue weighted by Crippen LogP contribution is -2.50. The summed E-state index contributed by atoms with van der Waals surface area (Å²) in [7, 11) is 0. The Hall–Kier alpha value is -3.33. The van der Waals surface area contributed by atoms with Gasteiger partial charge in [0, 0.05) is 69.9 Å². The van der Waals surface area contributed by atoms with Crippen molar-refractivity contribution in [3.63, 3.8) is 0 Å². The summed E-state index contributed by atoms with van der Waals surface area (Å²) in [6.45, 7) is 6.30. The molecule has 0 aromatic heterocycles. The number of rotatable bonds is 11. The number of nitro benzene ring substituents is 1. The van der Waals surface area contributed by atoms with Crippen molar-refractivity contribution in [2.75, 3.05) is 39.3 Å². The first-order valence-electron chi connectivity index (χ1n) is 12.2. The number of carbonyl (C=O) groups excluding carboxylic acids is 2. The highest BCUT2D eigenvalue weighted by Crippen LogP contribution is 2.15. The second kappa shape index (κ2) is 12.9. The average Bonchev–Trinajstić information content (AvgIpc) is 2.87. The van der Waals surface area contributed by atoms with Gasteiger partial charge in [-0.15, -0.1) is 0 Å². The Labute approximate surface area is 205 Å². The highest BCUT2D eigenvalue weighted by atomic mass is 19.1. The number of piperazine rings is 1. The number of carbonyl (C=O) groups is 2. The summed E-state index contributed by atoms with van der Waals surface area (Å²) in [5, 5.41) is 10.8. The van der Waals surface area contributed by atoms with E-state index >= 15 is 0 Å². The first-order chi connectivity index (χ1) is 16.9. The van der Waals surface area contributed by atoms with Gasteiger partial charge in [-0.05, 0) is 36.2 Å². The van der Waals surface area contributed by atoms with Gasteiger partial charge in [0.25, 0.3) is 11.6 Å². The molecule has 9 heteroatoms. The van der Waals surface area contributed by atoms with Crippen LogP contribution < -0.4 is 0 Å². The summed E-state index contributed by atoms with van der Waals surface area (Å²) in [6, 6.07) is 11.9. The van der Waals surface area contributed by atoms with Gasteiger partial charge < -0.3 is 9.80 Å². The highest BCUT2D eigenvalue weighted by molar-refractivity contribution is 5.94. The fourth-order valence-corrected chi connectivity index (χ4v) is 4.13. The van der Waals surface area contributed by atoms with Crippen molar-refractivity contribution >= 4 is 17.5 Å². The van der Waals surface area contributed by atoms with Gasteiger partial charge in [0.15, 0.2) is 0 Å². The summed E-state index contributed by atoms with van der Waals surface area (Å²) in [5.41, 5.74) is 1.29. The predicted molar refractivity (Wildman–Crippen MR) is 131 cm³/mol. The van der Waals surface area contributed by atoms with Gasteiger partial charge in [-0.1, -0.05) is 31.9 Å². The van der Waals surface area contributed by atoms with Gasteiger partial charge in [0.2, 0.25) is 5.91 Å². The van der Waals surface area contributed by atoms with Crippen LogP contribution in [0.25, 0.3) is 0 Å². The normalized spacial score (nSPS) is 14.1. The Bertz CT molecular complexity index is 989. The average molecular weight is 485 g/mol. The molecule has 1 aliphatic rings. The van der Waals surface area contributed by atoms with Gasteiger partial charge in [-0.3, -0.25) is 24.6 Å². The molecule has 1 heterocycles. The van der Waals surface area contributed by atoms with Gasteiger partial charge in [-0.2, -0.15) is 0 Å². The molecule has 0 aliphatic carbocycles. The third-order valence-electron chi connectivity index (χ3n) is 6.30. The van der Waals surface area contributed by atoms with Crippen LogP contribution in [0.2, 0.25) is 0 Å². The zero-order valence-corrected chi connectivity index (χ0v) is 20.2. The molecule has 1 aliphatic heterocycles. The number of halogens is 1. The molecule has 188 valence electrons. The quantitative estimate of drug-likeness (QED) is 0.272. The molecule has 0 unspecified atom stereocenters. The van der Waals surface area contributed by atoms with Crippen molar-refractivity contribution < 1.29 is 18.9 Å². The number of nitro groups is 1. The minimum absolute atomic E-state index is 0.0409. The van der Waals surface area contributed by atoms with Crippen LogP contribution in [-0.4, -0.2) is 70.7 Å². The molecular formula is C26H33FN4O4. The maximum atomic E-state index is 13.3. The van der Waals surface area contributed by atoms with Crippen LogP contribution in [-0.2, 0) is 11.3 Å². The van der Waals surface area contributed by atoms with E-state index in [9.17, 15) is 24.1 Å². The number of benzene rings is 2. The number of nitrogens with zero attached hydrogens (tertiary/aromatic N) is 4. The number of amides is 2. The molecule has 1 fully saturated rings. The number of non-ortho nitro benzene ring substituents is 1. The lowest BCUT2D eigenvalue weighted by molar-refractivity contribution is -0.384. The fourth-order valence-electron chi connectivity index (χ4n) is 4.13. The summed E-state index contributed by atoms with van der Waals surface area (Å²) in [4.78, 5) is 41.8. The lowest BCUT2D eigenvalue weighted by atomic mass is 10.1. The van der Waals surface area contributed by atoms with Crippen LogP contribution in [0.1, 0.15) is 48.5 Å². The van der Waals surface area contributed by atoms with Gasteiger partial charge in [0.05, 0.1) is 4.92 Å². The largest absolute Gasteiger partial charge is 0.337 e. The molecule has 0 saturated carbocycles. The standard InChI is InChI=1S/C26H33FN4O4/c1-2-3-4-5-25(32)30(20-21-6-10-23(27)11-7-21)19-16-28-14-17-29(18-15-28)26(33)22-8-12-24(13-9-22)31(34)35/h6-13H,2-5,14-20H2,1H3. The third kappa shape index (κ3) is 7.85. The number of hydrogen-bond donors (Lipinski definition) is 0. The van der Waals surface area contributed by atoms with E-state index in [1.807, 2.05) is 4.90 Å². The van der Waals surface area contributed by atoms with E-state index in [2.05, 4.69) is 11.8 Å². The Balaban J connectivity index is 1.52. The molecule has 0 spiro atoms. The number of unbranched alkanes of at least 4 members (excludes halogenated alkanes) is 2. The Morgan fingerprint density at radius 2 is 1.66 bits per heavy atom. The molecule has 2 aromatic rings. The smallest absolute Gasteiger partial charge is 0.269 e. The molecule has 2 aromatic carbocycles. The van der Waals surface area contributed by atoms with Crippen molar-refractivity contribution in [2.45, 2.75) is 39.2 Å². The molecular weight excluding hydrogens is 451 g/mol. The van der Waals surface area contributed by atoms with E-state index in [4.69, 9.17) is 0 Å². The third-order valence-corrected chi connectivity index (χ3v) is 6.30. The Morgan fingerprint density at radius 1 is 1.00 bits per heavy atom. The predicted octanol–water partition coefficient (Wildman–Crippen LogP) is 4.10. The first-order valence-corrected chi connectivity index (χ1v) is 12.2. The summed E-state index contributed by atoms with van der Waals surface area (Å²) < 4.78 is 13.3. The van der Waals surface area contributed by atoms with E-state index in [1.54, 1.807) is 17.0 Å². The van der Waals surface area contributed by atoms with Crippen molar-refractivity contribution in [2.24, 2.45) is 0 Å². The molecule has 0 N–H and O–H groups in total. The van der Waals surface area contributed by atoms with Crippen LogP contribution >= 0.6 is 0 Å². The minimum atomic E-state index is -0.485. The summed E-state index contributed by atoms with van der Waals surface area (Å²) in [5.74, 6) is -0.325. The molecule has 0 atom stereocenters. The van der Waals surface area contributed by atoms with Gasteiger partial charge >= 0.3 is 0 Å². The van der Waals surface area contributed by atoms with Crippen molar-refractivity contribution in [1.29, 1.82) is 0 Å². The monoisotopic (exact) mass is 484 g/mol. The highest BCUT2D eigenvalue weighted by Gasteiger charge is 2.23. The molecule has 0 radical (unpaired) electrons. The zero-order valence-electron chi connectivity index (χ0n) is 20.2. The van der Waals surface area contributed by atoms with Crippen LogP contribution in [0.5, 0.6) is 0 Å². The van der Waals surface area contributed by atoms with Crippen molar-refractivity contribution in [3.8, 4) is 0 Å². The Morgan fingerprint density at radius 3 is 2.26 bits per heavy atom. The first kappa shape index (κ1) is 26.3. The molecule has 35 heavy (non-hydrogen) atoms. The molecule has 8 nitrogen and oxygen atoms in total. The van der Waals surface area contributed by atoms with Gasteiger partial charge in [0.1, 0.15) is 5.82 Å². The van der Waals surface area contributed by atoms with Crippen LogP contribution in [0.3, 0.4) is 0 Å². The number of hydrogen-bond acceptors (Lipinski definition) is 5. The maximum Gasteiger partial charge on any atom is 0.269 e. The van der Waals surface area contributed by atoms with Gasteiger partial charge in [-0.25, -0.2) is 4.39 Å². The molecule has 2 amide bonds. The molecule has 1 saturated heterocycles. The molecule has 3 rings (SSSR count). The van der Waals surface area contributed by atoms with E-state index in [1.165, 1.54) is 36.4 Å².